The maximum atomic E-state index is 13.6. The van der Waals surface area contributed by atoms with E-state index in [1.165, 1.54) is 11.3 Å². The number of aromatic nitrogens is 3. The molecule has 0 bridgehead atoms. The molecule has 2 aromatic heterocycles. The monoisotopic (exact) mass is 520 g/mol. The van der Waals surface area contributed by atoms with Gasteiger partial charge in [-0.15, -0.1) is 24.2 Å². The van der Waals surface area contributed by atoms with Gasteiger partial charge in [-0.25, -0.2) is 9.97 Å². The number of thioether (sulfide) groups is 1. The summed E-state index contributed by atoms with van der Waals surface area (Å²) in [4.78, 5) is 25.4. The Kier molecular flexibility index (Phi) is 8.82. The maximum Gasteiger partial charge on any atom is 0.260 e. The largest absolute Gasteiger partial charge is 0.337 e. The molecule has 5 nitrogen and oxygen atoms in total. The second-order valence-corrected chi connectivity index (χ2v) is 10.9. The van der Waals surface area contributed by atoms with E-state index in [4.69, 9.17) is 16.6 Å². The van der Waals surface area contributed by atoms with Gasteiger partial charge in [0.15, 0.2) is 5.13 Å². The summed E-state index contributed by atoms with van der Waals surface area (Å²) >= 11 is 9.68. The topological polar surface area (TPSA) is 51.0 Å². The van der Waals surface area contributed by atoms with Crippen LogP contribution in [0.1, 0.15) is 36.2 Å². The number of anilines is 1. The number of rotatable bonds is 8. The molecule has 33 heavy (non-hydrogen) atoms. The fraction of sp³-hybridized carbons (Fsp3) is 0.292. The first-order chi connectivity index (χ1) is 15.4. The van der Waals surface area contributed by atoms with Crippen molar-refractivity contribution in [1.82, 2.24) is 14.5 Å². The average molecular weight is 522 g/mol. The Balaban J connectivity index is 0.00000306. The minimum Gasteiger partial charge on any atom is -0.337 e. The first kappa shape index (κ1) is 25.6. The van der Waals surface area contributed by atoms with Crippen LogP contribution < -0.4 is 4.90 Å². The number of nitrogens with zero attached hydrogens (tertiary/aromatic N) is 4. The van der Waals surface area contributed by atoms with Gasteiger partial charge in [-0.05, 0) is 49.2 Å². The number of benzene rings is 2. The molecule has 0 aliphatic heterocycles. The van der Waals surface area contributed by atoms with E-state index in [1.54, 1.807) is 29.2 Å². The van der Waals surface area contributed by atoms with E-state index in [9.17, 15) is 4.79 Å². The number of carbonyl (C=O) groups is 1. The van der Waals surface area contributed by atoms with Gasteiger partial charge in [-0.3, -0.25) is 9.69 Å². The molecule has 2 aromatic carbocycles. The zero-order chi connectivity index (χ0) is 22.7. The lowest BCUT2D eigenvalue weighted by Crippen LogP contribution is -2.32. The summed E-state index contributed by atoms with van der Waals surface area (Å²) in [6.45, 7) is 7.66. The van der Waals surface area contributed by atoms with Crippen LogP contribution in [0.25, 0.3) is 10.2 Å². The lowest BCUT2D eigenvalue weighted by Gasteiger charge is -2.20. The third-order valence-electron chi connectivity index (χ3n) is 4.99. The number of imidazole rings is 1. The van der Waals surface area contributed by atoms with Gasteiger partial charge in [-0.2, -0.15) is 0 Å². The molecule has 0 saturated heterocycles. The molecular weight excluding hydrogens is 495 g/mol. The Labute approximate surface area is 213 Å². The molecule has 2 heterocycles. The van der Waals surface area contributed by atoms with Crippen molar-refractivity contribution in [1.29, 1.82) is 0 Å². The summed E-state index contributed by atoms with van der Waals surface area (Å²) in [6, 6.07) is 11.7. The third-order valence-corrected chi connectivity index (χ3v) is 7.55. The van der Waals surface area contributed by atoms with E-state index in [2.05, 4.69) is 18.8 Å². The lowest BCUT2D eigenvalue weighted by molar-refractivity contribution is 0.0986. The second kappa shape index (κ2) is 11.4. The first-order valence-electron chi connectivity index (χ1n) is 10.5. The number of hydrogen-bond donors (Lipinski definition) is 0. The molecule has 0 N–H and O–H groups in total. The number of thiazole rings is 1. The van der Waals surface area contributed by atoms with Gasteiger partial charge in [0.2, 0.25) is 0 Å². The number of halogens is 2. The molecule has 4 rings (SSSR count). The highest BCUT2D eigenvalue weighted by atomic mass is 35.5. The summed E-state index contributed by atoms with van der Waals surface area (Å²) in [5.74, 6) is -0.0513. The summed E-state index contributed by atoms with van der Waals surface area (Å²) in [5, 5.41) is 1.83. The van der Waals surface area contributed by atoms with Crippen LogP contribution in [0.15, 0.2) is 60.0 Å². The van der Waals surface area contributed by atoms with E-state index in [0.29, 0.717) is 27.5 Å². The number of carbonyl (C=O) groups excluding carboxylic acids is 1. The minimum absolute atomic E-state index is 0. The van der Waals surface area contributed by atoms with E-state index in [1.807, 2.05) is 54.1 Å². The Hall–Kier alpha value is -2.06. The Morgan fingerprint density at radius 2 is 1.97 bits per heavy atom. The Bertz CT molecular complexity index is 1170. The van der Waals surface area contributed by atoms with Crippen LogP contribution in [0.4, 0.5) is 5.13 Å². The van der Waals surface area contributed by atoms with Crippen molar-refractivity contribution in [3.05, 3.63) is 71.3 Å². The normalized spacial score (nSPS) is 11.1. The molecule has 0 unspecified atom stereocenters. The summed E-state index contributed by atoms with van der Waals surface area (Å²) in [5.41, 5.74) is 2.56. The summed E-state index contributed by atoms with van der Waals surface area (Å²) in [6.07, 6.45) is 6.26. The predicted molar refractivity (Wildman–Crippen MR) is 143 cm³/mol. The van der Waals surface area contributed by atoms with Crippen LogP contribution >= 0.6 is 47.1 Å². The lowest BCUT2D eigenvalue weighted by atomic mass is 10.2. The van der Waals surface area contributed by atoms with Crippen molar-refractivity contribution in [2.24, 2.45) is 0 Å². The van der Waals surface area contributed by atoms with Gasteiger partial charge >= 0.3 is 0 Å². The molecule has 9 heteroatoms. The van der Waals surface area contributed by atoms with Crippen molar-refractivity contribution < 1.29 is 4.79 Å². The van der Waals surface area contributed by atoms with Crippen LogP contribution in [0, 0.1) is 6.92 Å². The van der Waals surface area contributed by atoms with Crippen LogP contribution in [0.5, 0.6) is 0 Å². The highest BCUT2D eigenvalue weighted by Crippen LogP contribution is 2.36. The van der Waals surface area contributed by atoms with E-state index in [0.717, 1.165) is 33.6 Å². The number of hydrogen-bond acceptors (Lipinski definition) is 5. The fourth-order valence-electron chi connectivity index (χ4n) is 3.42. The average Bonchev–Trinajstić information content (AvgIpc) is 3.44. The van der Waals surface area contributed by atoms with E-state index < -0.39 is 0 Å². The van der Waals surface area contributed by atoms with Gasteiger partial charge < -0.3 is 4.57 Å². The summed E-state index contributed by atoms with van der Waals surface area (Å²) < 4.78 is 2.93. The standard InChI is InChI=1S/C24H25ClN4OS2.ClH/c1-16(2)31-19-8-6-18(7-9-19)23(30)29(13-4-12-28-14-11-26-15-28)24-27-21-17(3)5-10-20(25)22(21)32-24;/h5-11,14-16H,4,12-13H2,1-3H3;1H. The molecule has 4 aromatic rings. The van der Waals surface area contributed by atoms with Crippen molar-refractivity contribution in [2.75, 3.05) is 11.4 Å². The molecule has 0 aliphatic rings. The molecule has 1 amide bonds. The molecule has 0 aliphatic carbocycles. The quantitative estimate of drug-likeness (QED) is 0.232. The van der Waals surface area contributed by atoms with Crippen molar-refractivity contribution in [3.8, 4) is 0 Å². The fourth-order valence-corrected chi connectivity index (χ4v) is 5.60. The smallest absolute Gasteiger partial charge is 0.260 e. The molecule has 0 radical (unpaired) electrons. The van der Waals surface area contributed by atoms with Gasteiger partial charge in [-0.1, -0.05) is 42.9 Å². The number of fused-ring (bicyclic) bond motifs is 1. The summed E-state index contributed by atoms with van der Waals surface area (Å²) in [7, 11) is 0. The number of aryl methyl sites for hydroxylation is 2. The van der Waals surface area contributed by atoms with E-state index in [-0.39, 0.29) is 18.3 Å². The van der Waals surface area contributed by atoms with Crippen LogP contribution in [0.3, 0.4) is 0 Å². The SMILES string of the molecule is Cc1ccc(Cl)c2sc(N(CCCn3ccnc3)C(=O)c3ccc(SC(C)C)cc3)nc12.Cl. The highest BCUT2D eigenvalue weighted by molar-refractivity contribution is 7.99. The van der Waals surface area contributed by atoms with Crippen LogP contribution in [-0.4, -0.2) is 32.2 Å². The Morgan fingerprint density at radius 3 is 2.61 bits per heavy atom. The predicted octanol–water partition coefficient (Wildman–Crippen LogP) is 7.11. The third kappa shape index (κ3) is 6.09. The molecule has 174 valence electrons. The molecule has 0 atom stereocenters. The zero-order valence-corrected chi connectivity index (χ0v) is 21.9. The Morgan fingerprint density at radius 1 is 1.21 bits per heavy atom. The van der Waals surface area contributed by atoms with Crippen LogP contribution in [0.2, 0.25) is 5.02 Å². The molecule has 0 spiro atoms. The second-order valence-electron chi connectivity index (χ2n) is 7.84. The van der Waals surface area contributed by atoms with Gasteiger partial charge in [0, 0.05) is 41.2 Å². The van der Waals surface area contributed by atoms with Gasteiger partial charge in [0.25, 0.3) is 5.91 Å². The van der Waals surface area contributed by atoms with Crippen molar-refractivity contribution in [2.45, 2.75) is 43.9 Å². The molecule has 0 saturated carbocycles. The van der Waals surface area contributed by atoms with E-state index >= 15 is 0 Å². The molecule has 0 fully saturated rings. The number of amides is 1. The maximum absolute atomic E-state index is 13.6. The zero-order valence-electron chi connectivity index (χ0n) is 18.7. The first-order valence-corrected chi connectivity index (χ1v) is 12.6. The van der Waals surface area contributed by atoms with Crippen molar-refractivity contribution >= 4 is 68.4 Å². The van der Waals surface area contributed by atoms with Gasteiger partial charge in [0.1, 0.15) is 0 Å². The highest BCUT2D eigenvalue weighted by Gasteiger charge is 2.22. The van der Waals surface area contributed by atoms with Gasteiger partial charge in [0.05, 0.1) is 21.6 Å². The van der Waals surface area contributed by atoms with Crippen LogP contribution in [-0.2, 0) is 6.54 Å². The minimum atomic E-state index is -0.0513. The van der Waals surface area contributed by atoms with Crippen molar-refractivity contribution in [3.63, 3.8) is 0 Å². The molecular formula is C24H26Cl2N4OS2.